The molecule has 1 heterocycles. The summed E-state index contributed by atoms with van der Waals surface area (Å²) in [5, 5.41) is 4.06. The molecule has 0 bridgehead atoms. The first-order valence-electron chi connectivity index (χ1n) is 10.9. The summed E-state index contributed by atoms with van der Waals surface area (Å²) in [6, 6.07) is 27.8. The van der Waals surface area contributed by atoms with Gasteiger partial charge in [0.2, 0.25) is 5.91 Å². The number of benzene rings is 4. The Bertz CT molecular complexity index is 1500. The van der Waals surface area contributed by atoms with E-state index in [1.54, 1.807) is 48.5 Å². The van der Waals surface area contributed by atoms with Crippen molar-refractivity contribution >= 4 is 33.4 Å². The molecule has 1 amide bonds. The van der Waals surface area contributed by atoms with E-state index in [4.69, 9.17) is 4.74 Å². The monoisotopic (exact) mass is 452 g/mol. The van der Waals surface area contributed by atoms with E-state index < -0.39 is 0 Å². The number of rotatable bonds is 6. The summed E-state index contributed by atoms with van der Waals surface area (Å²) >= 11 is 0. The van der Waals surface area contributed by atoms with E-state index in [0.29, 0.717) is 33.2 Å². The zero-order valence-corrected chi connectivity index (χ0v) is 18.2. The molecule has 0 aliphatic rings. The topological polar surface area (TPSA) is 60.3 Å². The second-order valence-electron chi connectivity index (χ2n) is 7.94. The molecule has 0 atom stereocenters. The summed E-state index contributed by atoms with van der Waals surface area (Å²) in [5.41, 5.74) is 2.80. The van der Waals surface area contributed by atoms with Gasteiger partial charge in [-0.15, -0.1) is 0 Å². The van der Waals surface area contributed by atoms with Crippen molar-refractivity contribution in [3.8, 4) is 5.75 Å². The van der Waals surface area contributed by atoms with Crippen molar-refractivity contribution in [1.82, 2.24) is 4.57 Å². The third kappa shape index (κ3) is 4.38. The second-order valence-corrected chi connectivity index (χ2v) is 7.94. The summed E-state index contributed by atoms with van der Waals surface area (Å²) < 4.78 is 20.7. The number of pyridine rings is 1. The predicted octanol–water partition coefficient (Wildman–Crippen LogP) is 5.51. The van der Waals surface area contributed by atoms with Crippen molar-refractivity contribution in [3.63, 3.8) is 0 Å². The Morgan fingerprint density at radius 3 is 2.15 bits per heavy atom. The van der Waals surface area contributed by atoms with Gasteiger partial charge in [0.25, 0.3) is 0 Å². The lowest BCUT2D eigenvalue weighted by molar-refractivity contribution is -0.116. The molecule has 0 aliphatic carbocycles. The molecule has 0 spiro atoms. The lowest BCUT2D eigenvalue weighted by Gasteiger charge is -2.15. The zero-order chi connectivity index (χ0) is 23.5. The maximum Gasteiger partial charge on any atom is 0.244 e. The lowest BCUT2D eigenvalue weighted by Crippen LogP contribution is -2.21. The molecule has 6 heteroatoms. The number of nitrogens with one attached hydrogen (secondary N) is 1. The normalized spacial score (nSPS) is 11.0. The molecule has 5 nitrogen and oxygen atoms in total. The fourth-order valence-electron chi connectivity index (χ4n) is 4.00. The van der Waals surface area contributed by atoms with E-state index in [1.807, 2.05) is 41.0 Å². The highest BCUT2D eigenvalue weighted by Gasteiger charge is 2.13. The molecule has 0 aliphatic heterocycles. The summed E-state index contributed by atoms with van der Waals surface area (Å²) in [5.74, 6) is 0.0628. The molecule has 5 aromatic rings. The average Bonchev–Trinajstić information content (AvgIpc) is 2.86. The van der Waals surface area contributed by atoms with Crippen LogP contribution in [0, 0.1) is 5.82 Å². The molecule has 168 valence electrons. The maximum absolute atomic E-state index is 13.1. The molecule has 1 aromatic heterocycles. The van der Waals surface area contributed by atoms with Gasteiger partial charge in [0.05, 0.1) is 11.0 Å². The summed E-state index contributed by atoms with van der Waals surface area (Å²) in [4.78, 5) is 25.9. The first kappa shape index (κ1) is 21.4. The van der Waals surface area contributed by atoms with Crippen molar-refractivity contribution in [3.05, 3.63) is 119 Å². The fraction of sp³-hybridized carbons (Fsp3) is 0.0714. The molecular formula is C28H21FN2O3. The van der Waals surface area contributed by atoms with Crippen LogP contribution in [0.3, 0.4) is 0 Å². The minimum Gasteiger partial charge on any atom is -0.489 e. The van der Waals surface area contributed by atoms with Crippen LogP contribution < -0.4 is 15.5 Å². The Hall–Kier alpha value is -4.45. The van der Waals surface area contributed by atoms with Crippen molar-refractivity contribution < 1.29 is 13.9 Å². The number of anilines is 1. The van der Waals surface area contributed by atoms with Crippen molar-refractivity contribution in [2.75, 3.05) is 5.32 Å². The Morgan fingerprint density at radius 2 is 1.47 bits per heavy atom. The van der Waals surface area contributed by atoms with Crippen LogP contribution in [0.4, 0.5) is 10.1 Å². The highest BCUT2D eigenvalue weighted by atomic mass is 19.1. The highest BCUT2D eigenvalue weighted by Crippen LogP contribution is 2.21. The van der Waals surface area contributed by atoms with E-state index >= 15 is 0 Å². The first-order valence-corrected chi connectivity index (χ1v) is 10.9. The molecular weight excluding hydrogens is 431 g/mol. The zero-order valence-electron chi connectivity index (χ0n) is 18.2. The average molecular weight is 452 g/mol. The van der Waals surface area contributed by atoms with Crippen molar-refractivity contribution in [2.45, 2.75) is 13.2 Å². The van der Waals surface area contributed by atoms with Gasteiger partial charge in [-0.05, 0) is 54.1 Å². The molecule has 0 saturated carbocycles. The van der Waals surface area contributed by atoms with Crippen molar-refractivity contribution in [2.24, 2.45) is 0 Å². The Labute approximate surface area is 195 Å². The van der Waals surface area contributed by atoms with Crippen LogP contribution in [0.15, 0.2) is 102 Å². The Kier molecular flexibility index (Phi) is 5.79. The third-order valence-electron chi connectivity index (χ3n) is 5.62. The number of hydrogen-bond acceptors (Lipinski definition) is 3. The molecule has 0 unspecified atom stereocenters. The molecule has 0 radical (unpaired) electrons. The minimum absolute atomic E-state index is 0.0436. The largest absolute Gasteiger partial charge is 0.489 e. The van der Waals surface area contributed by atoms with Gasteiger partial charge in [0.1, 0.15) is 24.7 Å². The Balaban J connectivity index is 1.37. The van der Waals surface area contributed by atoms with Gasteiger partial charge in [-0.2, -0.15) is 0 Å². The number of carbonyl (C=O) groups is 1. The quantitative estimate of drug-likeness (QED) is 0.346. The fourth-order valence-corrected chi connectivity index (χ4v) is 4.00. The number of carbonyl (C=O) groups excluding carboxylic acids is 1. The van der Waals surface area contributed by atoms with Crippen LogP contribution in [0.2, 0.25) is 0 Å². The Morgan fingerprint density at radius 1 is 0.824 bits per heavy atom. The van der Waals surface area contributed by atoms with Crippen LogP contribution in [0.1, 0.15) is 5.56 Å². The number of fused-ring (bicyclic) bond motifs is 2. The van der Waals surface area contributed by atoms with Crippen LogP contribution in [0.25, 0.3) is 21.8 Å². The second kappa shape index (κ2) is 9.19. The molecule has 0 fully saturated rings. The smallest absolute Gasteiger partial charge is 0.244 e. The number of hydrogen-bond donors (Lipinski definition) is 1. The maximum atomic E-state index is 13.1. The molecule has 0 saturated heterocycles. The third-order valence-corrected chi connectivity index (χ3v) is 5.62. The number of aromatic nitrogens is 1. The van der Waals surface area contributed by atoms with Gasteiger partial charge in [-0.3, -0.25) is 9.59 Å². The van der Waals surface area contributed by atoms with Gasteiger partial charge in [-0.25, -0.2) is 4.39 Å². The molecule has 5 rings (SSSR count). The van der Waals surface area contributed by atoms with Crippen LogP contribution in [-0.4, -0.2) is 10.5 Å². The van der Waals surface area contributed by atoms with Gasteiger partial charge in [-0.1, -0.05) is 42.5 Å². The molecule has 4 aromatic carbocycles. The van der Waals surface area contributed by atoms with Crippen molar-refractivity contribution in [1.29, 1.82) is 0 Å². The predicted molar refractivity (Wildman–Crippen MR) is 132 cm³/mol. The lowest BCUT2D eigenvalue weighted by atomic mass is 10.1. The van der Waals surface area contributed by atoms with E-state index in [2.05, 4.69) is 5.32 Å². The van der Waals surface area contributed by atoms with E-state index in [0.717, 1.165) is 5.56 Å². The van der Waals surface area contributed by atoms with Crippen LogP contribution >= 0.6 is 0 Å². The van der Waals surface area contributed by atoms with Gasteiger partial charge in [0, 0.05) is 22.5 Å². The number of halogens is 1. The number of para-hydroxylation sites is 2. The minimum atomic E-state index is -0.295. The molecule has 1 N–H and O–H groups in total. The highest BCUT2D eigenvalue weighted by molar-refractivity contribution is 5.97. The van der Waals surface area contributed by atoms with E-state index in [1.165, 1.54) is 12.1 Å². The van der Waals surface area contributed by atoms with Gasteiger partial charge in [0.15, 0.2) is 5.43 Å². The summed E-state index contributed by atoms with van der Waals surface area (Å²) in [6.45, 7) is 0.328. The molecule has 34 heavy (non-hydrogen) atoms. The summed E-state index contributed by atoms with van der Waals surface area (Å²) in [7, 11) is 0. The van der Waals surface area contributed by atoms with Gasteiger partial charge < -0.3 is 14.6 Å². The number of amides is 1. The number of ether oxygens (including phenoxy) is 1. The SMILES string of the molecule is O=C(Cn1c2ccccc2c(=O)c2ccccc21)Nc1cccc(OCc2ccc(F)cc2)c1. The van der Waals surface area contributed by atoms with E-state index in [-0.39, 0.29) is 30.3 Å². The van der Waals surface area contributed by atoms with Gasteiger partial charge >= 0.3 is 0 Å². The van der Waals surface area contributed by atoms with E-state index in [9.17, 15) is 14.0 Å². The first-order chi connectivity index (χ1) is 16.6. The van der Waals surface area contributed by atoms with Crippen LogP contribution in [0.5, 0.6) is 5.75 Å². The van der Waals surface area contributed by atoms with Crippen LogP contribution in [-0.2, 0) is 17.9 Å². The number of nitrogens with zero attached hydrogens (tertiary/aromatic N) is 1. The summed E-state index contributed by atoms with van der Waals surface area (Å²) in [6.07, 6.45) is 0. The standard InChI is InChI=1S/C28H21FN2O3/c29-20-14-12-19(13-15-20)18-34-22-7-5-6-21(16-22)30-27(32)17-31-25-10-3-1-8-23(25)28(33)24-9-2-4-11-26(24)31/h1-16H,17-18H2,(H,30,32).